The summed E-state index contributed by atoms with van der Waals surface area (Å²) in [5.74, 6) is 0.161. The minimum atomic E-state index is -1.36. The van der Waals surface area contributed by atoms with Gasteiger partial charge in [0.2, 0.25) is 0 Å². The van der Waals surface area contributed by atoms with Crippen molar-refractivity contribution in [3.63, 3.8) is 0 Å². The van der Waals surface area contributed by atoms with Crippen molar-refractivity contribution in [2.45, 2.75) is 26.6 Å². The SMILES string of the molecule is CC(=O)c1cc[nH]c1[Si](C)(C)C. The molecule has 1 heterocycles. The van der Waals surface area contributed by atoms with Gasteiger partial charge in [-0.1, -0.05) is 19.6 Å². The van der Waals surface area contributed by atoms with Gasteiger partial charge in [0.15, 0.2) is 5.78 Å². The Morgan fingerprint density at radius 1 is 1.42 bits per heavy atom. The van der Waals surface area contributed by atoms with Gasteiger partial charge < -0.3 is 4.98 Å². The zero-order valence-corrected chi connectivity index (χ0v) is 9.06. The Hall–Kier alpha value is -0.833. The zero-order chi connectivity index (χ0) is 9.35. The van der Waals surface area contributed by atoms with Crippen LogP contribution >= 0.6 is 0 Å². The van der Waals surface area contributed by atoms with Crippen LogP contribution in [0.4, 0.5) is 0 Å². The molecule has 0 unspecified atom stereocenters. The van der Waals surface area contributed by atoms with E-state index in [0.717, 1.165) is 10.9 Å². The van der Waals surface area contributed by atoms with Crippen molar-refractivity contribution in [2.75, 3.05) is 0 Å². The fraction of sp³-hybridized carbons (Fsp3) is 0.444. The van der Waals surface area contributed by atoms with Gasteiger partial charge in [0, 0.05) is 17.1 Å². The van der Waals surface area contributed by atoms with Crippen LogP contribution in [0.5, 0.6) is 0 Å². The van der Waals surface area contributed by atoms with Crippen molar-refractivity contribution in [3.8, 4) is 0 Å². The Bertz CT molecular complexity index is 296. The van der Waals surface area contributed by atoms with Crippen molar-refractivity contribution >= 4 is 19.2 Å². The molecule has 0 atom stereocenters. The maximum Gasteiger partial charge on any atom is 0.161 e. The summed E-state index contributed by atoms with van der Waals surface area (Å²) < 4.78 is 0. The largest absolute Gasteiger partial charge is 0.368 e. The predicted molar refractivity (Wildman–Crippen MR) is 53.8 cm³/mol. The quantitative estimate of drug-likeness (QED) is 0.547. The first-order chi connectivity index (χ1) is 5.43. The van der Waals surface area contributed by atoms with Crippen molar-refractivity contribution in [1.82, 2.24) is 4.98 Å². The first kappa shape index (κ1) is 9.26. The summed E-state index contributed by atoms with van der Waals surface area (Å²) in [5, 5.41) is 1.16. The van der Waals surface area contributed by atoms with E-state index in [2.05, 4.69) is 24.6 Å². The lowest BCUT2D eigenvalue weighted by atomic mass is 10.2. The first-order valence-electron chi connectivity index (χ1n) is 4.11. The summed E-state index contributed by atoms with van der Waals surface area (Å²) in [7, 11) is -1.36. The number of H-pyrrole nitrogens is 1. The van der Waals surface area contributed by atoms with Crippen LogP contribution in [0.2, 0.25) is 19.6 Å². The van der Waals surface area contributed by atoms with E-state index in [1.54, 1.807) is 6.92 Å². The second kappa shape index (κ2) is 2.90. The van der Waals surface area contributed by atoms with Gasteiger partial charge in [0.1, 0.15) is 0 Å². The average Bonchev–Trinajstić information content (AvgIpc) is 2.30. The van der Waals surface area contributed by atoms with E-state index in [0.29, 0.717) is 0 Å². The third-order valence-corrected chi connectivity index (χ3v) is 3.79. The molecule has 0 fully saturated rings. The summed E-state index contributed by atoms with van der Waals surface area (Å²) in [6, 6.07) is 1.87. The molecule has 1 rings (SSSR count). The third-order valence-electron chi connectivity index (χ3n) is 1.88. The molecule has 1 N–H and O–H groups in total. The van der Waals surface area contributed by atoms with Crippen molar-refractivity contribution in [2.24, 2.45) is 0 Å². The minimum absolute atomic E-state index is 0.161. The number of aromatic amines is 1. The van der Waals surface area contributed by atoms with Crippen molar-refractivity contribution in [3.05, 3.63) is 17.8 Å². The number of hydrogen-bond acceptors (Lipinski definition) is 1. The highest BCUT2D eigenvalue weighted by molar-refractivity contribution is 6.88. The molecule has 0 saturated heterocycles. The van der Waals surface area contributed by atoms with E-state index in [1.165, 1.54) is 0 Å². The second-order valence-corrected chi connectivity index (χ2v) is 9.07. The van der Waals surface area contributed by atoms with E-state index in [9.17, 15) is 4.79 Å². The lowest BCUT2D eigenvalue weighted by Gasteiger charge is -2.15. The third kappa shape index (κ3) is 1.66. The minimum Gasteiger partial charge on any atom is -0.368 e. The van der Waals surface area contributed by atoms with Crippen LogP contribution in [0, 0.1) is 0 Å². The number of Topliss-reactive ketones (excluding diaryl/α,β-unsaturated/α-hetero) is 1. The number of ketones is 1. The van der Waals surface area contributed by atoms with E-state index < -0.39 is 8.07 Å². The molecule has 1 aromatic heterocycles. The fourth-order valence-corrected chi connectivity index (χ4v) is 2.87. The van der Waals surface area contributed by atoms with Crippen LogP contribution in [-0.2, 0) is 0 Å². The molecule has 0 saturated carbocycles. The number of hydrogen-bond donors (Lipinski definition) is 1. The second-order valence-electron chi connectivity index (χ2n) is 4.07. The topological polar surface area (TPSA) is 32.9 Å². The fourth-order valence-electron chi connectivity index (χ4n) is 1.28. The van der Waals surface area contributed by atoms with Gasteiger partial charge >= 0.3 is 0 Å². The smallest absolute Gasteiger partial charge is 0.161 e. The Kier molecular flexibility index (Phi) is 2.24. The summed E-state index contributed by atoms with van der Waals surface area (Å²) in [6.45, 7) is 8.30. The van der Waals surface area contributed by atoms with Gasteiger partial charge in [-0.05, 0) is 13.0 Å². The number of rotatable bonds is 2. The highest BCUT2D eigenvalue weighted by atomic mass is 28.3. The van der Waals surface area contributed by atoms with Crippen molar-refractivity contribution in [1.29, 1.82) is 0 Å². The monoisotopic (exact) mass is 181 g/mol. The van der Waals surface area contributed by atoms with E-state index >= 15 is 0 Å². The summed E-state index contributed by atoms with van der Waals surface area (Å²) in [4.78, 5) is 14.3. The molecule has 2 nitrogen and oxygen atoms in total. The van der Waals surface area contributed by atoms with Gasteiger partial charge in [-0.15, -0.1) is 0 Å². The molecule has 12 heavy (non-hydrogen) atoms. The lowest BCUT2D eigenvalue weighted by Crippen LogP contribution is -2.41. The number of aromatic nitrogens is 1. The van der Waals surface area contributed by atoms with Gasteiger partial charge in [0.25, 0.3) is 0 Å². The molecule has 3 heteroatoms. The van der Waals surface area contributed by atoms with Crippen LogP contribution in [0.1, 0.15) is 17.3 Å². The molecule has 0 amide bonds. The highest BCUT2D eigenvalue weighted by Gasteiger charge is 2.22. The van der Waals surface area contributed by atoms with Crippen LogP contribution in [0.15, 0.2) is 12.3 Å². The highest BCUT2D eigenvalue weighted by Crippen LogP contribution is 2.06. The van der Waals surface area contributed by atoms with Gasteiger partial charge in [-0.25, -0.2) is 0 Å². The van der Waals surface area contributed by atoms with Gasteiger partial charge in [-0.2, -0.15) is 0 Å². The molecule has 0 radical (unpaired) electrons. The Labute approximate surface area is 74.0 Å². The molecule has 1 aromatic rings. The molecule has 0 aliphatic rings. The normalized spacial score (nSPS) is 11.7. The number of carbonyl (C=O) groups excluding carboxylic acids is 1. The predicted octanol–water partition coefficient (Wildman–Crippen LogP) is 1.76. The molecule has 0 aliphatic heterocycles. The average molecular weight is 181 g/mol. The standard InChI is InChI=1S/C9H15NOSi/c1-7(11)8-5-6-10-9(8)12(2,3)4/h5-6,10H,1-4H3. The maximum atomic E-state index is 11.2. The molecular formula is C9H15NOSi. The van der Waals surface area contributed by atoms with Crippen LogP contribution in [0.3, 0.4) is 0 Å². The summed E-state index contributed by atoms with van der Waals surface area (Å²) in [5.41, 5.74) is 0.870. The zero-order valence-electron chi connectivity index (χ0n) is 8.06. The van der Waals surface area contributed by atoms with Crippen molar-refractivity contribution < 1.29 is 4.79 Å². The van der Waals surface area contributed by atoms with Gasteiger partial charge in [-0.3, -0.25) is 4.79 Å². The van der Waals surface area contributed by atoms with E-state index in [-0.39, 0.29) is 5.78 Å². The Morgan fingerprint density at radius 3 is 2.33 bits per heavy atom. The molecule has 0 bridgehead atoms. The van der Waals surface area contributed by atoms with Crippen LogP contribution < -0.4 is 5.32 Å². The molecular weight excluding hydrogens is 166 g/mol. The number of carbonyl (C=O) groups is 1. The van der Waals surface area contributed by atoms with E-state index in [4.69, 9.17) is 0 Å². The van der Waals surface area contributed by atoms with Gasteiger partial charge in [0.05, 0.1) is 8.07 Å². The van der Waals surface area contributed by atoms with Crippen LogP contribution in [0.25, 0.3) is 0 Å². The van der Waals surface area contributed by atoms with E-state index in [1.807, 2.05) is 12.3 Å². The van der Waals surface area contributed by atoms with Crippen LogP contribution in [-0.4, -0.2) is 18.8 Å². The summed E-state index contributed by atoms with van der Waals surface area (Å²) in [6.07, 6.45) is 1.85. The maximum absolute atomic E-state index is 11.2. The molecule has 0 spiro atoms. The Morgan fingerprint density at radius 2 is 2.00 bits per heavy atom. The lowest BCUT2D eigenvalue weighted by molar-refractivity contribution is 0.101. The number of nitrogens with one attached hydrogen (secondary N) is 1. The molecule has 0 aliphatic carbocycles. The molecule has 0 aromatic carbocycles. The summed E-state index contributed by atoms with van der Waals surface area (Å²) >= 11 is 0. The Balaban J connectivity index is 3.17. The first-order valence-corrected chi connectivity index (χ1v) is 7.61. The molecule has 66 valence electrons.